The molecule has 1 atom stereocenters. The number of anilines is 1. The molecule has 0 fully saturated rings. The fourth-order valence-electron chi connectivity index (χ4n) is 2.78. The Morgan fingerprint density at radius 1 is 1.13 bits per heavy atom. The molecule has 0 bridgehead atoms. The van der Waals surface area contributed by atoms with Crippen molar-refractivity contribution in [3.63, 3.8) is 0 Å². The molecule has 1 aromatic heterocycles. The Morgan fingerprint density at radius 2 is 1.80 bits per heavy atom. The smallest absolute Gasteiger partial charge is 0.363 e. The average Bonchev–Trinajstić information content (AvgIpc) is 2.74. The Hall–Kier alpha value is -3.81. The van der Waals surface area contributed by atoms with Gasteiger partial charge in [0.1, 0.15) is 5.82 Å². The van der Waals surface area contributed by atoms with E-state index in [1.54, 1.807) is 38.1 Å². The summed E-state index contributed by atoms with van der Waals surface area (Å²) in [7, 11) is 0. The van der Waals surface area contributed by atoms with Crippen molar-refractivity contribution < 1.29 is 18.7 Å². The molecule has 0 aliphatic rings. The summed E-state index contributed by atoms with van der Waals surface area (Å²) in [6, 6.07) is 15.5. The summed E-state index contributed by atoms with van der Waals surface area (Å²) in [4.78, 5) is 37.4. The van der Waals surface area contributed by atoms with Crippen LogP contribution in [0, 0.1) is 12.7 Å². The van der Waals surface area contributed by atoms with E-state index in [1.807, 2.05) is 6.07 Å². The minimum atomic E-state index is -1.14. The van der Waals surface area contributed by atoms with Crippen LogP contribution < -0.4 is 10.7 Å². The van der Waals surface area contributed by atoms with Crippen LogP contribution >= 0.6 is 0 Å². The largest absolute Gasteiger partial charge is 0.447 e. The first-order valence-corrected chi connectivity index (χ1v) is 9.33. The van der Waals surface area contributed by atoms with E-state index in [9.17, 15) is 18.8 Å². The highest BCUT2D eigenvalue weighted by atomic mass is 19.1. The molecular weight excluding hydrogens is 389 g/mol. The second-order valence-corrected chi connectivity index (χ2v) is 6.54. The number of carbonyl (C=O) groups excluding carboxylic acids is 2. The molecule has 3 aromatic rings. The molecule has 30 heavy (non-hydrogen) atoms. The predicted octanol–water partition coefficient (Wildman–Crippen LogP) is 3.25. The molecule has 0 saturated carbocycles. The quantitative estimate of drug-likeness (QED) is 0.631. The number of para-hydroxylation sites is 1. The molecule has 154 valence electrons. The van der Waals surface area contributed by atoms with E-state index >= 15 is 0 Å². The van der Waals surface area contributed by atoms with E-state index in [0.29, 0.717) is 17.1 Å². The number of benzene rings is 2. The minimum absolute atomic E-state index is 0.178. The van der Waals surface area contributed by atoms with Crippen LogP contribution in [0.4, 0.5) is 10.1 Å². The first-order chi connectivity index (χ1) is 14.4. The maximum Gasteiger partial charge on any atom is 0.363 e. The van der Waals surface area contributed by atoms with Crippen molar-refractivity contribution in [1.29, 1.82) is 0 Å². The van der Waals surface area contributed by atoms with Gasteiger partial charge in [-0.2, -0.15) is 5.10 Å². The molecule has 0 spiro atoms. The lowest BCUT2D eigenvalue weighted by Crippen LogP contribution is -2.34. The fourth-order valence-corrected chi connectivity index (χ4v) is 2.78. The zero-order valence-electron chi connectivity index (χ0n) is 16.5. The normalized spacial score (nSPS) is 11.6. The number of aromatic nitrogens is 2. The van der Waals surface area contributed by atoms with Crippen LogP contribution in [0.15, 0.2) is 65.5 Å². The molecule has 8 heteroatoms. The van der Waals surface area contributed by atoms with E-state index in [-0.39, 0.29) is 6.42 Å². The molecular formula is C22H20FN3O4. The highest BCUT2D eigenvalue weighted by Crippen LogP contribution is 2.12. The van der Waals surface area contributed by atoms with Crippen molar-refractivity contribution in [3.8, 4) is 5.69 Å². The molecule has 1 amide bonds. The molecule has 3 rings (SSSR count). The van der Waals surface area contributed by atoms with Gasteiger partial charge in [0.25, 0.3) is 5.91 Å². The summed E-state index contributed by atoms with van der Waals surface area (Å²) in [5, 5.41) is 6.69. The van der Waals surface area contributed by atoms with Gasteiger partial charge in [-0.05, 0) is 49.7 Å². The number of ether oxygens (including phenoxy) is 1. The van der Waals surface area contributed by atoms with Crippen molar-refractivity contribution >= 4 is 17.6 Å². The molecule has 1 unspecified atom stereocenters. The van der Waals surface area contributed by atoms with Crippen molar-refractivity contribution in [3.05, 3.63) is 88.1 Å². The number of carbonyl (C=O) groups is 2. The first kappa shape index (κ1) is 20.9. The van der Waals surface area contributed by atoms with Gasteiger partial charge in [-0.15, -0.1) is 0 Å². The van der Waals surface area contributed by atoms with Crippen LogP contribution in [0.5, 0.6) is 0 Å². The summed E-state index contributed by atoms with van der Waals surface area (Å²) < 4.78 is 19.7. The molecule has 0 aliphatic carbocycles. The molecule has 0 aliphatic heterocycles. The van der Waals surface area contributed by atoms with E-state index < -0.39 is 34.9 Å². The van der Waals surface area contributed by atoms with Crippen LogP contribution in [0.25, 0.3) is 5.69 Å². The van der Waals surface area contributed by atoms with Crippen molar-refractivity contribution in [2.24, 2.45) is 0 Å². The number of esters is 1. The van der Waals surface area contributed by atoms with Crippen LogP contribution in [-0.4, -0.2) is 27.8 Å². The predicted molar refractivity (Wildman–Crippen MR) is 109 cm³/mol. The topological polar surface area (TPSA) is 90.3 Å². The first-order valence-electron chi connectivity index (χ1n) is 9.33. The van der Waals surface area contributed by atoms with Crippen LogP contribution in [0.1, 0.15) is 29.5 Å². The Kier molecular flexibility index (Phi) is 6.36. The lowest BCUT2D eigenvalue weighted by Gasteiger charge is -2.16. The summed E-state index contributed by atoms with van der Waals surface area (Å²) in [6.07, 6.45) is -0.965. The van der Waals surface area contributed by atoms with Gasteiger partial charge in [-0.25, -0.2) is 13.9 Å². The van der Waals surface area contributed by atoms with Gasteiger partial charge in [0.15, 0.2) is 6.10 Å². The van der Waals surface area contributed by atoms with Gasteiger partial charge in [-0.3, -0.25) is 9.59 Å². The van der Waals surface area contributed by atoms with E-state index in [2.05, 4.69) is 10.4 Å². The highest BCUT2D eigenvalue weighted by molar-refractivity contribution is 5.97. The van der Waals surface area contributed by atoms with Gasteiger partial charge >= 0.3 is 5.97 Å². The maximum absolute atomic E-state index is 13.0. The Morgan fingerprint density at radius 3 is 2.43 bits per heavy atom. The Bertz CT molecular complexity index is 1110. The van der Waals surface area contributed by atoms with E-state index in [0.717, 1.165) is 0 Å². The molecule has 0 radical (unpaired) electrons. The number of halogens is 1. The Labute approximate surface area is 172 Å². The molecule has 7 nitrogen and oxygen atoms in total. The summed E-state index contributed by atoms with van der Waals surface area (Å²) >= 11 is 0. The van der Waals surface area contributed by atoms with Crippen molar-refractivity contribution in [2.75, 3.05) is 5.32 Å². The second-order valence-electron chi connectivity index (χ2n) is 6.54. The third-order valence-electron chi connectivity index (χ3n) is 4.33. The molecule has 1 N–H and O–H groups in total. The summed E-state index contributed by atoms with van der Waals surface area (Å²) in [5.74, 6) is -2.02. The zero-order valence-corrected chi connectivity index (χ0v) is 16.5. The number of hydrogen-bond donors (Lipinski definition) is 1. The minimum Gasteiger partial charge on any atom is -0.447 e. The van der Waals surface area contributed by atoms with E-state index in [4.69, 9.17) is 4.74 Å². The van der Waals surface area contributed by atoms with Crippen molar-refractivity contribution in [1.82, 2.24) is 9.78 Å². The standard InChI is InChI=1S/C22H20FN3O4/c1-3-19(21(28)24-16-11-9-15(23)10-12-16)30-22(29)20-18(27)13-14(2)26(25-20)17-7-5-4-6-8-17/h4-13,19H,3H2,1-2H3,(H,24,28). The number of amides is 1. The zero-order chi connectivity index (χ0) is 21.7. The number of rotatable bonds is 6. The van der Waals surface area contributed by atoms with Crippen molar-refractivity contribution in [2.45, 2.75) is 26.4 Å². The average molecular weight is 409 g/mol. The SMILES string of the molecule is CCC(OC(=O)c1nn(-c2ccccc2)c(C)cc1=O)C(=O)Nc1ccc(F)cc1. The second kappa shape index (κ2) is 9.13. The summed E-state index contributed by atoms with van der Waals surface area (Å²) in [6.45, 7) is 3.36. The van der Waals surface area contributed by atoms with Crippen LogP contribution in [0.2, 0.25) is 0 Å². The lowest BCUT2D eigenvalue weighted by atomic mass is 10.2. The monoisotopic (exact) mass is 409 g/mol. The number of aryl methyl sites for hydroxylation is 1. The highest BCUT2D eigenvalue weighted by Gasteiger charge is 2.25. The summed E-state index contributed by atoms with van der Waals surface area (Å²) in [5.41, 5.74) is 0.556. The van der Waals surface area contributed by atoms with Gasteiger partial charge in [-0.1, -0.05) is 25.1 Å². The third-order valence-corrected chi connectivity index (χ3v) is 4.33. The van der Waals surface area contributed by atoms with Gasteiger partial charge in [0.05, 0.1) is 5.69 Å². The molecule has 2 aromatic carbocycles. The van der Waals surface area contributed by atoms with Crippen LogP contribution in [-0.2, 0) is 9.53 Å². The molecule has 0 saturated heterocycles. The number of hydrogen-bond acceptors (Lipinski definition) is 5. The van der Waals surface area contributed by atoms with Crippen LogP contribution in [0.3, 0.4) is 0 Å². The van der Waals surface area contributed by atoms with Gasteiger partial charge < -0.3 is 10.1 Å². The number of nitrogens with zero attached hydrogens (tertiary/aromatic N) is 2. The van der Waals surface area contributed by atoms with E-state index in [1.165, 1.54) is 35.0 Å². The Balaban J connectivity index is 1.80. The fraction of sp³-hybridized carbons (Fsp3) is 0.182. The lowest BCUT2D eigenvalue weighted by molar-refractivity contribution is -0.124. The third kappa shape index (κ3) is 4.78. The maximum atomic E-state index is 13.0. The van der Waals surface area contributed by atoms with Gasteiger partial charge in [0, 0.05) is 17.4 Å². The molecule has 1 heterocycles. The van der Waals surface area contributed by atoms with Gasteiger partial charge in [0.2, 0.25) is 11.1 Å². The number of nitrogens with one attached hydrogen (secondary N) is 1.